The summed E-state index contributed by atoms with van der Waals surface area (Å²) >= 11 is 5.66. The number of rotatable bonds is 7. The Balaban J connectivity index is 2.39. The van der Waals surface area contributed by atoms with Crippen LogP contribution in [0, 0.1) is 5.82 Å². The van der Waals surface area contributed by atoms with Crippen molar-refractivity contribution in [1.29, 1.82) is 0 Å². The van der Waals surface area contributed by atoms with Gasteiger partial charge in [0.1, 0.15) is 5.82 Å². The van der Waals surface area contributed by atoms with Gasteiger partial charge in [-0.25, -0.2) is 4.39 Å². The van der Waals surface area contributed by atoms with Crippen LogP contribution in [0.3, 0.4) is 0 Å². The van der Waals surface area contributed by atoms with Gasteiger partial charge in [0.15, 0.2) is 0 Å². The molecule has 0 amide bonds. The number of hydrogen-bond acceptors (Lipinski definition) is 2. The molecule has 0 bridgehead atoms. The van der Waals surface area contributed by atoms with E-state index in [2.05, 4.69) is 0 Å². The average Bonchev–Trinajstić information content (AvgIpc) is 2.31. The standard InChI is InChI=1S/C13H18ClFO2/c1-2-7-17-8-6-11(16)9-10-4-3-5-12(14)13(10)15/h3-5,11,16H,2,6-9H2,1H3. The highest BCUT2D eigenvalue weighted by Crippen LogP contribution is 2.19. The Morgan fingerprint density at radius 1 is 1.41 bits per heavy atom. The van der Waals surface area contributed by atoms with Crippen molar-refractivity contribution in [3.8, 4) is 0 Å². The fourth-order valence-corrected chi connectivity index (χ4v) is 1.72. The summed E-state index contributed by atoms with van der Waals surface area (Å²) in [5.41, 5.74) is 0.445. The number of ether oxygens (including phenoxy) is 1. The van der Waals surface area contributed by atoms with Crippen LogP contribution in [0.1, 0.15) is 25.3 Å². The van der Waals surface area contributed by atoms with Gasteiger partial charge in [-0.2, -0.15) is 0 Å². The van der Waals surface area contributed by atoms with Crippen molar-refractivity contribution in [2.24, 2.45) is 0 Å². The average molecular weight is 261 g/mol. The highest BCUT2D eigenvalue weighted by Gasteiger charge is 2.11. The zero-order chi connectivity index (χ0) is 12.7. The molecule has 4 heteroatoms. The Bertz CT molecular complexity index is 344. The summed E-state index contributed by atoms with van der Waals surface area (Å²) in [6.07, 6.45) is 1.13. The maximum atomic E-state index is 13.5. The minimum atomic E-state index is -0.597. The van der Waals surface area contributed by atoms with E-state index in [4.69, 9.17) is 16.3 Å². The molecule has 0 aromatic heterocycles. The highest BCUT2D eigenvalue weighted by atomic mass is 35.5. The lowest BCUT2D eigenvalue weighted by molar-refractivity contribution is 0.0820. The molecular weight excluding hydrogens is 243 g/mol. The van der Waals surface area contributed by atoms with Crippen molar-refractivity contribution in [2.75, 3.05) is 13.2 Å². The van der Waals surface area contributed by atoms with Gasteiger partial charge >= 0.3 is 0 Å². The van der Waals surface area contributed by atoms with Gasteiger partial charge in [-0.1, -0.05) is 30.7 Å². The Morgan fingerprint density at radius 3 is 2.88 bits per heavy atom. The summed E-state index contributed by atoms with van der Waals surface area (Å²) in [6.45, 7) is 3.22. The number of aliphatic hydroxyl groups excluding tert-OH is 1. The fourth-order valence-electron chi connectivity index (χ4n) is 1.53. The van der Waals surface area contributed by atoms with Gasteiger partial charge in [-0.15, -0.1) is 0 Å². The molecule has 0 aliphatic heterocycles. The molecule has 1 aromatic rings. The topological polar surface area (TPSA) is 29.5 Å². The van der Waals surface area contributed by atoms with Crippen LogP contribution in [0.15, 0.2) is 18.2 Å². The summed E-state index contributed by atoms with van der Waals surface area (Å²) in [4.78, 5) is 0. The van der Waals surface area contributed by atoms with E-state index >= 15 is 0 Å². The third kappa shape index (κ3) is 5.02. The van der Waals surface area contributed by atoms with Crippen molar-refractivity contribution in [2.45, 2.75) is 32.3 Å². The Morgan fingerprint density at radius 2 is 2.18 bits per heavy atom. The minimum Gasteiger partial charge on any atom is -0.393 e. The predicted octanol–water partition coefficient (Wildman–Crippen LogP) is 3.20. The molecule has 0 radical (unpaired) electrons. The molecule has 0 heterocycles. The van der Waals surface area contributed by atoms with Gasteiger partial charge in [-0.05, 0) is 24.5 Å². The van der Waals surface area contributed by atoms with Crippen LogP contribution in [-0.4, -0.2) is 24.4 Å². The molecule has 0 aliphatic carbocycles. The van der Waals surface area contributed by atoms with Gasteiger partial charge in [0.05, 0.1) is 11.1 Å². The summed E-state index contributed by atoms with van der Waals surface area (Å²) in [6, 6.07) is 4.81. The van der Waals surface area contributed by atoms with E-state index in [9.17, 15) is 9.50 Å². The van der Waals surface area contributed by atoms with Crippen LogP contribution >= 0.6 is 11.6 Å². The summed E-state index contributed by atoms with van der Waals surface area (Å²) in [7, 11) is 0. The number of halogens is 2. The maximum Gasteiger partial charge on any atom is 0.145 e. The van der Waals surface area contributed by atoms with Crippen molar-refractivity contribution in [3.05, 3.63) is 34.6 Å². The van der Waals surface area contributed by atoms with Gasteiger partial charge < -0.3 is 9.84 Å². The zero-order valence-electron chi connectivity index (χ0n) is 9.96. The van der Waals surface area contributed by atoms with Gasteiger partial charge in [0, 0.05) is 19.6 Å². The van der Waals surface area contributed by atoms with E-state index in [-0.39, 0.29) is 11.4 Å². The van der Waals surface area contributed by atoms with E-state index in [1.165, 1.54) is 6.07 Å². The normalized spacial score (nSPS) is 12.7. The molecule has 96 valence electrons. The van der Waals surface area contributed by atoms with E-state index < -0.39 is 11.9 Å². The number of hydrogen-bond donors (Lipinski definition) is 1. The SMILES string of the molecule is CCCOCCC(O)Cc1cccc(Cl)c1F. The lowest BCUT2D eigenvalue weighted by atomic mass is 10.1. The molecule has 1 aromatic carbocycles. The maximum absolute atomic E-state index is 13.5. The third-order valence-corrected chi connectivity index (χ3v) is 2.72. The molecule has 1 atom stereocenters. The van der Waals surface area contributed by atoms with E-state index in [0.717, 1.165) is 6.42 Å². The minimum absolute atomic E-state index is 0.0944. The summed E-state index contributed by atoms with van der Waals surface area (Å²) < 4.78 is 18.8. The van der Waals surface area contributed by atoms with Crippen molar-refractivity contribution < 1.29 is 14.2 Å². The van der Waals surface area contributed by atoms with Crippen LogP contribution < -0.4 is 0 Å². The van der Waals surface area contributed by atoms with Gasteiger partial charge in [0.25, 0.3) is 0 Å². The van der Waals surface area contributed by atoms with Crippen LogP contribution in [-0.2, 0) is 11.2 Å². The fraction of sp³-hybridized carbons (Fsp3) is 0.538. The van der Waals surface area contributed by atoms with Crippen LogP contribution in [0.4, 0.5) is 4.39 Å². The first-order valence-electron chi connectivity index (χ1n) is 5.83. The second-order valence-corrected chi connectivity index (χ2v) is 4.38. The first-order valence-corrected chi connectivity index (χ1v) is 6.21. The molecule has 0 saturated heterocycles. The molecule has 1 rings (SSSR count). The molecule has 2 nitrogen and oxygen atoms in total. The molecule has 0 saturated carbocycles. The van der Waals surface area contributed by atoms with Crippen LogP contribution in [0.25, 0.3) is 0 Å². The lowest BCUT2D eigenvalue weighted by Gasteiger charge is -2.11. The molecular formula is C13H18ClFO2. The monoisotopic (exact) mass is 260 g/mol. The number of benzene rings is 1. The molecule has 1 unspecified atom stereocenters. The summed E-state index contributed by atoms with van der Waals surface area (Å²) in [5, 5.41) is 9.82. The second-order valence-electron chi connectivity index (χ2n) is 3.97. The second kappa shape index (κ2) is 7.64. The Hall–Kier alpha value is -0.640. The molecule has 0 fully saturated rings. The first-order chi connectivity index (χ1) is 8.15. The Labute approximate surface area is 106 Å². The van der Waals surface area contributed by atoms with Crippen molar-refractivity contribution in [1.82, 2.24) is 0 Å². The lowest BCUT2D eigenvalue weighted by Crippen LogP contribution is -2.14. The molecule has 0 spiro atoms. The summed E-state index contributed by atoms with van der Waals surface area (Å²) in [5.74, 6) is -0.442. The van der Waals surface area contributed by atoms with Crippen LogP contribution in [0.2, 0.25) is 5.02 Å². The van der Waals surface area contributed by atoms with E-state index in [0.29, 0.717) is 25.2 Å². The van der Waals surface area contributed by atoms with Crippen molar-refractivity contribution in [3.63, 3.8) is 0 Å². The first kappa shape index (κ1) is 14.4. The van der Waals surface area contributed by atoms with E-state index in [1.54, 1.807) is 12.1 Å². The van der Waals surface area contributed by atoms with E-state index in [1.807, 2.05) is 6.92 Å². The molecule has 17 heavy (non-hydrogen) atoms. The third-order valence-electron chi connectivity index (χ3n) is 2.43. The highest BCUT2D eigenvalue weighted by molar-refractivity contribution is 6.30. The zero-order valence-corrected chi connectivity index (χ0v) is 10.7. The molecule has 1 N–H and O–H groups in total. The van der Waals surface area contributed by atoms with Crippen LogP contribution in [0.5, 0.6) is 0 Å². The Kier molecular flexibility index (Phi) is 6.48. The molecule has 0 aliphatic rings. The predicted molar refractivity (Wildman–Crippen MR) is 66.8 cm³/mol. The smallest absolute Gasteiger partial charge is 0.145 e. The van der Waals surface area contributed by atoms with Crippen molar-refractivity contribution >= 4 is 11.6 Å². The quantitative estimate of drug-likeness (QED) is 0.763. The number of aliphatic hydroxyl groups is 1. The van der Waals surface area contributed by atoms with Gasteiger partial charge in [-0.3, -0.25) is 0 Å². The largest absolute Gasteiger partial charge is 0.393 e. The van der Waals surface area contributed by atoms with Gasteiger partial charge in [0.2, 0.25) is 0 Å².